The maximum absolute atomic E-state index is 12.3. The van der Waals surface area contributed by atoms with Gasteiger partial charge >= 0.3 is 10.4 Å². The molecule has 4 heterocycles. The molecule has 0 aromatic carbocycles. The van der Waals surface area contributed by atoms with Crippen LogP contribution in [-0.2, 0) is 57.3 Å². The van der Waals surface area contributed by atoms with E-state index in [1.807, 2.05) is 0 Å². The number of nitrogens with one attached hydrogen (secondary N) is 2. The van der Waals surface area contributed by atoms with E-state index in [-0.39, 0.29) is 0 Å². The maximum atomic E-state index is 12.3. The van der Waals surface area contributed by atoms with Gasteiger partial charge in [0.05, 0.1) is 26.4 Å². The second-order valence-corrected chi connectivity index (χ2v) is 14.2. The molecule has 55 heavy (non-hydrogen) atoms. The lowest BCUT2D eigenvalue weighted by Crippen LogP contribution is -2.70. The van der Waals surface area contributed by atoms with Crippen molar-refractivity contribution in [2.75, 3.05) is 26.4 Å². The Labute approximate surface area is 311 Å². The summed E-state index contributed by atoms with van der Waals surface area (Å²) in [6.07, 6.45) is -34.0. The van der Waals surface area contributed by atoms with Gasteiger partial charge in [0.25, 0.3) is 0 Å². The van der Waals surface area contributed by atoms with Crippen LogP contribution in [0, 0.1) is 0 Å². The van der Waals surface area contributed by atoms with Crippen LogP contribution in [0.4, 0.5) is 0 Å². The minimum atomic E-state index is -5.31. The summed E-state index contributed by atoms with van der Waals surface area (Å²) in [5.74, 6) is -1.52. The Kier molecular flexibility index (Phi) is 16.0. The highest BCUT2D eigenvalue weighted by atomic mass is 32.3. The zero-order valence-electron chi connectivity index (χ0n) is 29.0. The van der Waals surface area contributed by atoms with Crippen LogP contribution in [0.1, 0.15) is 13.8 Å². The molecular formula is C28H48N2O24S. The van der Waals surface area contributed by atoms with Gasteiger partial charge in [0.2, 0.25) is 11.8 Å². The molecule has 14 N–H and O–H groups in total. The zero-order chi connectivity index (χ0) is 41.1. The number of aliphatic hydroxyl groups excluding tert-OH is 11. The van der Waals surface area contributed by atoms with E-state index in [4.69, 9.17) is 37.7 Å². The summed E-state index contributed by atoms with van der Waals surface area (Å²) in [7, 11) is -5.31. The SMILES string of the molecule is CC(=O)N[C@@H]1[C@@H](O)[C@H](O[C@@H]2O[C@H](CO)[C@H](O)[C@H](O[C@@H]3O[C@H](CO)[C@@H](O[C@@H]4O[C@H](CO)[C@H](O)[C@H](OS(=O)(=O)O)[C@H]4O)[C@H](O)[C@H]3NC(C)=O)[C@H]2O)[C@@H](CO)O[C@H]1O. The monoisotopic (exact) mass is 828 g/mol. The summed E-state index contributed by atoms with van der Waals surface area (Å²) in [5.41, 5.74) is 0. The van der Waals surface area contributed by atoms with E-state index < -0.39 is 171 Å². The third-order valence-corrected chi connectivity index (χ3v) is 9.68. The first-order valence-electron chi connectivity index (χ1n) is 16.7. The molecule has 20 atom stereocenters. The van der Waals surface area contributed by atoms with E-state index >= 15 is 0 Å². The molecule has 0 aliphatic carbocycles. The molecule has 4 aliphatic heterocycles. The largest absolute Gasteiger partial charge is 0.397 e. The quantitative estimate of drug-likeness (QED) is 0.0723. The van der Waals surface area contributed by atoms with Crippen molar-refractivity contribution in [2.45, 2.75) is 137 Å². The normalized spacial score (nSPS) is 45.5. The van der Waals surface area contributed by atoms with Crippen LogP contribution in [0.5, 0.6) is 0 Å². The lowest BCUT2D eigenvalue weighted by Gasteiger charge is -2.50. The third kappa shape index (κ3) is 10.6. The number of carbonyl (C=O) groups is 2. The van der Waals surface area contributed by atoms with Gasteiger partial charge in [-0.1, -0.05) is 0 Å². The van der Waals surface area contributed by atoms with Crippen LogP contribution >= 0.6 is 0 Å². The molecular weight excluding hydrogens is 780 g/mol. The third-order valence-electron chi connectivity index (χ3n) is 9.22. The first-order valence-corrected chi connectivity index (χ1v) is 18.1. The van der Waals surface area contributed by atoms with E-state index in [1.165, 1.54) is 0 Å². The van der Waals surface area contributed by atoms with E-state index in [2.05, 4.69) is 14.8 Å². The first-order chi connectivity index (χ1) is 25.8. The van der Waals surface area contributed by atoms with Gasteiger partial charge in [-0.05, 0) is 0 Å². The highest BCUT2D eigenvalue weighted by Crippen LogP contribution is 2.35. The van der Waals surface area contributed by atoms with Gasteiger partial charge in [0.15, 0.2) is 25.2 Å². The standard InChI is InChI=1S/C28H48N2O24S/c1-7(35)29-13-17(39)21(11(5-33)47-25(13)43)51-27-19(41)23(15(37)9(3-31)48-27)53-26-14(30-8(2)36)18(40)22(12(6-34)50-26)52-28-20(42)24(54-55(44,45)46)16(38)10(4-32)49-28/h9-28,31-34,37-43H,3-6H2,1-2H3,(H,29,35)(H,30,36)(H,44,45,46)/t9-,10-,11-,12-,13-,14-,15+,16+,17-,18-,19-,20-,21-,22-,23+,24+,25-,26+,27+,28+/m1/s1. The van der Waals surface area contributed by atoms with Crippen LogP contribution in [0.2, 0.25) is 0 Å². The lowest BCUT2D eigenvalue weighted by atomic mass is 9.94. The highest BCUT2D eigenvalue weighted by Gasteiger charge is 2.56. The number of amides is 2. The molecule has 320 valence electrons. The van der Waals surface area contributed by atoms with Crippen LogP contribution in [0.25, 0.3) is 0 Å². The first kappa shape index (κ1) is 45.8. The molecule has 2 amide bonds. The predicted octanol–water partition coefficient (Wildman–Crippen LogP) is -9.63. The number of ether oxygens (including phenoxy) is 7. The van der Waals surface area contributed by atoms with Crippen molar-refractivity contribution in [3.63, 3.8) is 0 Å². The van der Waals surface area contributed by atoms with Gasteiger partial charge in [-0.3, -0.25) is 14.1 Å². The number of carbonyl (C=O) groups excluding carboxylic acids is 2. The second-order valence-electron chi connectivity index (χ2n) is 13.1. The number of hydrogen-bond donors (Lipinski definition) is 14. The van der Waals surface area contributed by atoms with Crippen molar-refractivity contribution in [3.8, 4) is 0 Å². The predicted molar refractivity (Wildman–Crippen MR) is 167 cm³/mol. The average Bonchev–Trinajstić information content (AvgIpc) is 3.11. The summed E-state index contributed by atoms with van der Waals surface area (Å²) < 4.78 is 75.3. The molecule has 26 nitrogen and oxygen atoms in total. The van der Waals surface area contributed by atoms with Gasteiger partial charge in [-0.2, -0.15) is 8.42 Å². The second kappa shape index (κ2) is 19.2. The molecule has 0 aromatic heterocycles. The fourth-order valence-corrected chi connectivity index (χ4v) is 7.10. The smallest absolute Gasteiger partial charge is 0.394 e. The van der Waals surface area contributed by atoms with Crippen molar-refractivity contribution < 1.29 is 116 Å². The fourth-order valence-electron chi connectivity index (χ4n) is 6.59. The van der Waals surface area contributed by atoms with Gasteiger partial charge < -0.3 is 100.0 Å². The minimum absolute atomic E-state index is 0.693. The molecule has 4 saturated heterocycles. The molecule has 0 unspecified atom stereocenters. The van der Waals surface area contributed by atoms with E-state index in [0.29, 0.717) is 0 Å². The maximum Gasteiger partial charge on any atom is 0.397 e. The van der Waals surface area contributed by atoms with Crippen molar-refractivity contribution in [1.29, 1.82) is 0 Å². The Morgan fingerprint density at radius 2 is 0.909 bits per heavy atom. The van der Waals surface area contributed by atoms with E-state index in [1.54, 1.807) is 0 Å². The molecule has 4 rings (SSSR count). The number of hydrogen-bond acceptors (Lipinski definition) is 23. The topological polar surface area (TPSA) is 409 Å². The van der Waals surface area contributed by atoms with Crippen molar-refractivity contribution >= 4 is 22.2 Å². The molecule has 0 aromatic rings. The minimum Gasteiger partial charge on any atom is -0.394 e. The number of aliphatic hydroxyl groups is 11. The summed E-state index contributed by atoms with van der Waals surface area (Å²) in [6, 6.07) is -3.24. The fraction of sp³-hybridized carbons (Fsp3) is 0.929. The summed E-state index contributed by atoms with van der Waals surface area (Å²) in [6.45, 7) is -1.76. The zero-order valence-corrected chi connectivity index (χ0v) is 29.9. The highest BCUT2D eigenvalue weighted by molar-refractivity contribution is 7.80. The Hall–Kier alpha value is -1.91. The van der Waals surface area contributed by atoms with Crippen LogP contribution in [-0.4, -0.2) is 230 Å². The average molecular weight is 829 g/mol. The van der Waals surface area contributed by atoms with E-state index in [0.717, 1.165) is 13.8 Å². The lowest BCUT2D eigenvalue weighted by molar-refractivity contribution is -0.376. The summed E-state index contributed by atoms with van der Waals surface area (Å²) in [4.78, 5) is 24.0. The van der Waals surface area contributed by atoms with Crippen LogP contribution in [0.15, 0.2) is 0 Å². The van der Waals surface area contributed by atoms with Gasteiger partial charge in [-0.15, -0.1) is 0 Å². The van der Waals surface area contributed by atoms with E-state index in [9.17, 15) is 74.2 Å². The number of rotatable bonds is 14. The van der Waals surface area contributed by atoms with Crippen LogP contribution < -0.4 is 10.6 Å². The Morgan fingerprint density at radius 1 is 0.527 bits per heavy atom. The molecule has 27 heteroatoms. The molecule has 4 fully saturated rings. The van der Waals surface area contributed by atoms with Crippen molar-refractivity contribution in [1.82, 2.24) is 10.6 Å². The van der Waals surface area contributed by atoms with Gasteiger partial charge in [-0.25, -0.2) is 4.18 Å². The molecule has 0 saturated carbocycles. The summed E-state index contributed by atoms with van der Waals surface area (Å²) >= 11 is 0. The Morgan fingerprint density at radius 3 is 1.36 bits per heavy atom. The molecule has 4 aliphatic rings. The van der Waals surface area contributed by atoms with Crippen molar-refractivity contribution in [3.05, 3.63) is 0 Å². The molecule has 0 spiro atoms. The van der Waals surface area contributed by atoms with Crippen LogP contribution in [0.3, 0.4) is 0 Å². The van der Waals surface area contributed by atoms with Gasteiger partial charge in [0, 0.05) is 13.8 Å². The summed E-state index contributed by atoms with van der Waals surface area (Å²) in [5, 5.41) is 121. The Balaban J connectivity index is 1.58. The molecule has 0 radical (unpaired) electrons. The van der Waals surface area contributed by atoms with Gasteiger partial charge in [0.1, 0.15) is 97.5 Å². The molecule has 0 bridgehead atoms. The Bertz CT molecular complexity index is 1380. The van der Waals surface area contributed by atoms with Crippen molar-refractivity contribution in [2.24, 2.45) is 0 Å².